The van der Waals surface area contributed by atoms with Crippen LogP contribution in [-0.2, 0) is 0 Å². The Kier molecular flexibility index (Phi) is 4.84. The SMILES string of the molecule is CCN1/C(=C\c2ccc3c(C)[n+](-c4ccccc4)c(C)c-3cc2)Sc2ccccc21. The molecule has 0 atom stereocenters. The van der Waals surface area contributed by atoms with Gasteiger partial charge in [-0.25, -0.2) is 0 Å². The smallest absolute Gasteiger partial charge is 0.211 e. The first-order valence-electron chi connectivity index (χ1n) is 10.4. The molecule has 0 spiro atoms. The van der Waals surface area contributed by atoms with Crippen molar-refractivity contribution in [2.45, 2.75) is 25.7 Å². The first-order chi connectivity index (χ1) is 14.7. The van der Waals surface area contributed by atoms with E-state index in [-0.39, 0.29) is 0 Å². The topological polar surface area (TPSA) is 7.12 Å². The molecule has 3 aliphatic rings. The fourth-order valence-electron chi connectivity index (χ4n) is 4.41. The predicted molar refractivity (Wildman–Crippen MR) is 127 cm³/mol. The second-order valence-corrected chi connectivity index (χ2v) is 8.69. The average Bonchev–Trinajstić information content (AvgIpc) is 3.13. The second-order valence-electron chi connectivity index (χ2n) is 7.63. The molecule has 2 aromatic carbocycles. The first-order valence-corrected chi connectivity index (χ1v) is 11.3. The summed E-state index contributed by atoms with van der Waals surface area (Å²) in [5, 5.41) is 1.29. The summed E-state index contributed by atoms with van der Waals surface area (Å²) in [6, 6.07) is 28.3. The standard InChI is InChI=1S/C27H25N2S/c1-4-28-25-12-8-9-13-26(25)30-27(28)18-21-14-16-23-19(2)29(20(3)24(23)17-15-21)22-10-6-5-7-11-22/h5-18H,4H2,1-3H3/q+1. The Morgan fingerprint density at radius 3 is 2.10 bits per heavy atom. The van der Waals surface area contributed by atoms with Crippen LogP contribution in [0.15, 0.2) is 88.8 Å². The Balaban J connectivity index is 1.57. The van der Waals surface area contributed by atoms with Crippen LogP contribution in [0.4, 0.5) is 5.69 Å². The van der Waals surface area contributed by atoms with Gasteiger partial charge in [-0.05, 0) is 42.8 Å². The highest BCUT2D eigenvalue weighted by molar-refractivity contribution is 8.03. The molecule has 0 bridgehead atoms. The molecule has 2 aliphatic heterocycles. The Hall–Kier alpha value is -3.04. The lowest BCUT2D eigenvalue weighted by molar-refractivity contribution is -0.604. The van der Waals surface area contributed by atoms with Crippen LogP contribution in [0.2, 0.25) is 0 Å². The number of thioether (sulfide) groups is 1. The van der Waals surface area contributed by atoms with Crippen molar-refractivity contribution in [1.29, 1.82) is 0 Å². The monoisotopic (exact) mass is 409 g/mol. The van der Waals surface area contributed by atoms with Crippen molar-refractivity contribution < 1.29 is 4.57 Å². The normalized spacial score (nSPS) is 14.5. The number of aromatic nitrogens is 1. The van der Waals surface area contributed by atoms with E-state index in [1.807, 2.05) is 11.8 Å². The van der Waals surface area contributed by atoms with E-state index in [2.05, 4.69) is 115 Å². The molecule has 0 radical (unpaired) electrons. The van der Waals surface area contributed by atoms with Gasteiger partial charge < -0.3 is 4.90 Å². The minimum atomic E-state index is 0.969. The number of hydrogen-bond donors (Lipinski definition) is 0. The number of benzene rings is 2. The molecule has 0 unspecified atom stereocenters. The molecule has 0 saturated carbocycles. The highest BCUT2D eigenvalue weighted by atomic mass is 32.2. The molecule has 0 amide bonds. The molecule has 0 N–H and O–H groups in total. The van der Waals surface area contributed by atoms with Crippen molar-refractivity contribution in [2.75, 3.05) is 11.4 Å². The summed E-state index contributed by atoms with van der Waals surface area (Å²) in [6.45, 7) is 7.60. The van der Waals surface area contributed by atoms with Crippen LogP contribution in [0.1, 0.15) is 23.9 Å². The third-order valence-corrected chi connectivity index (χ3v) is 7.00. The molecule has 0 fully saturated rings. The van der Waals surface area contributed by atoms with Gasteiger partial charge in [0.1, 0.15) is 0 Å². The van der Waals surface area contributed by atoms with Crippen molar-refractivity contribution in [3.05, 3.63) is 101 Å². The zero-order valence-corrected chi connectivity index (χ0v) is 18.4. The number of anilines is 1. The lowest BCUT2D eigenvalue weighted by Gasteiger charge is -2.17. The minimum Gasteiger partial charge on any atom is -0.335 e. The molecular formula is C27H25N2S+. The fraction of sp³-hybridized carbons (Fsp3) is 0.148. The zero-order valence-electron chi connectivity index (χ0n) is 17.6. The maximum absolute atomic E-state index is 2.40. The van der Waals surface area contributed by atoms with Gasteiger partial charge >= 0.3 is 0 Å². The molecule has 5 rings (SSSR count). The Labute approximate surface area is 182 Å². The summed E-state index contributed by atoms with van der Waals surface area (Å²) >= 11 is 1.86. The van der Waals surface area contributed by atoms with E-state index < -0.39 is 0 Å². The average molecular weight is 410 g/mol. The number of nitrogens with zero attached hydrogens (tertiary/aromatic N) is 2. The van der Waals surface area contributed by atoms with Crippen LogP contribution in [0.25, 0.3) is 22.9 Å². The number of hydrogen-bond acceptors (Lipinski definition) is 2. The van der Waals surface area contributed by atoms with Crippen molar-refractivity contribution in [3.63, 3.8) is 0 Å². The van der Waals surface area contributed by atoms with Crippen LogP contribution < -0.4 is 9.47 Å². The third kappa shape index (κ3) is 3.10. The molecule has 2 aromatic rings. The summed E-state index contributed by atoms with van der Waals surface area (Å²) in [7, 11) is 0. The van der Waals surface area contributed by atoms with Gasteiger partial charge in [-0.1, -0.05) is 54.2 Å². The van der Waals surface area contributed by atoms with Gasteiger partial charge in [0.2, 0.25) is 5.69 Å². The molecule has 0 aromatic heterocycles. The Bertz CT molecular complexity index is 1190. The van der Waals surface area contributed by atoms with E-state index in [9.17, 15) is 0 Å². The van der Waals surface area contributed by atoms with E-state index in [0.717, 1.165) is 6.54 Å². The van der Waals surface area contributed by atoms with Gasteiger partial charge in [0.15, 0.2) is 11.4 Å². The van der Waals surface area contributed by atoms with E-state index >= 15 is 0 Å². The van der Waals surface area contributed by atoms with Gasteiger partial charge in [-0.2, -0.15) is 4.57 Å². The minimum absolute atomic E-state index is 0.969. The molecule has 2 nitrogen and oxygen atoms in total. The second kappa shape index (κ2) is 7.66. The van der Waals surface area contributed by atoms with Crippen LogP contribution in [0.3, 0.4) is 0 Å². The highest BCUT2D eigenvalue weighted by Crippen LogP contribution is 2.46. The summed E-state index contributed by atoms with van der Waals surface area (Å²) < 4.78 is 2.35. The summed E-state index contributed by atoms with van der Waals surface area (Å²) in [5.41, 5.74) is 8.91. The van der Waals surface area contributed by atoms with Gasteiger partial charge in [-0.15, -0.1) is 0 Å². The quantitative estimate of drug-likeness (QED) is 0.351. The van der Waals surface area contributed by atoms with Crippen LogP contribution >= 0.6 is 11.8 Å². The van der Waals surface area contributed by atoms with Crippen molar-refractivity contribution >= 4 is 23.5 Å². The summed E-state index contributed by atoms with van der Waals surface area (Å²) in [5.74, 6) is 0. The van der Waals surface area contributed by atoms with Crippen LogP contribution in [0, 0.1) is 13.8 Å². The maximum Gasteiger partial charge on any atom is 0.211 e. The van der Waals surface area contributed by atoms with Crippen molar-refractivity contribution in [1.82, 2.24) is 0 Å². The van der Waals surface area contributed by atoms with Gasteiger partial charge in [-0.3, -0.25) is 0 Å². The fourth-order valence-corrected chi connectivity index (χ4v) is 5.59. The summed E-state index contributed by atoms with van der Waals surface area (Å²) in [6.07, 6.45) is 2.31. The third-order valence-electron chi connectivity index (χ3n) is 5.88. The molecule has 3 heteroatoms. The Morgan fingerprint density at radius 2 is 1.43 bits per heavy atom. The van der Waals surface area contributed by atoms with E-state index in [4.69, 9.17) is 0 Å². The van der Waals surface area contributed by atoms with E-state index in [0.29, 0.717) is 0 Å². The predicted octanol–water partition coefficient (Wildman–Crippen LogP) is 6.62. The lowest BCUT2D eigenvalue weighted by Crippen LogP contribution is -2.34. The maximum atomic E-state index is 2.40. The van der Waals surface area contributed by atoms with E-state index in [1.54, 1.807) is 0 Å². The molecule has 1 aliphatic carbocycles. The largest absolute Gasteiger partial charge is 0.335 e. The van der Waals surface area contributed by atoms with Gasteiger partial charge in [0.25, 0.3) is 0 Å². The first kappa shape index (κ1) is 19.0. The molecule has 30 heavy (non-hydrogen) atoms. The number of fused-ring (bicyclic) bond motifs is 2. The van der Waals surface area contributed by atoms with Crippen molar-refractivity contribution in [2.24, 2.45) is 0 Å². The van der Waals surface area contributed by atoms with E-state index in [1.165, 1.54) is 49.4 Å². The zero-order chi connectivity index (χ0) is 20.7. The number of rotatable bonds is 3. The lowest BCUT2D eigenvalue weighted by atomic mass is 10.1. The van der Waals surface area contributed by atoms with Crippen molar-refractivity contribution in [3.8, 4) is 16.8 Å². The molecule has 2 heterocycles. The molecular weight excluding hydrogens is 384 g/mol. The Morgan fingerprint density at radius 1 is 0.800 bits per heavy atom. The molecule has 148 valence electrons. The highest BCUT2D eigenvalue weighted by Gasteiger charge is 2.27. The van der Waals surface area contributed by atoms with Gasteiger partial charge in [0.05, 0.1) is 21.8 Å². The van der Waals surface area contributed by atoms with Crippen LogP contribution in [0.5, 0.6) is 0 Å². The summed E-state index contributed by atoms with van der Waals surface area (Å²) in [4.78, 5) is 3.73. The van der Waals surface area contributed by atoms with Gasteiger partial charge in [0, 0.05) is 37.4 Å². The number of para-hydroxylation sites is 2. The molecule has 0 saturated heterocycles. The van der Waals surface area contributed by atoms with Crippen LogP contribution in [-0.4, -0.2) is 6.54 Å².